The maximum absolute atomic E-state index is 12.2. The van der Waals surface area contributed by atoms with Gasteiger partial charge in [0.05, 0.1) is 0 Å². The van der Waals surface area contributed by atoms with Crippen LogP contribution in [0.4, 0.5) is 0 Å². The summed E-state index contributed by atoms with van der Waals surface area (Å²) in [5, 5.41) is 15.1. The van der Waals surface area contributed by atoms with Crippen molar-refractivity contribution in [3.05, 3.63) is 35.9 Å². The van der Waals surface area contributed by atoms with Gasteiger partial charge in [-0.3, -0.25) is 9.59 Å². The summed E-state index contributed by atoms with van der Waals surface area (Å²) in [6.07, 6.45) is 0.826. The van der Waals surface area contributed by atoms with Crippen LogP contribution in [0.15, 0.2) is 30.3 Å². The largest absolute Gasteiger partial charge is 0.479 e. The summed E-state index contributed by atoms with van der Waals surface area (Å²) < 4.78 is 0. The molecule has 3 N–H and O–H groups in total. The lowest BCUT2D eigenvalue weighted by molar-refractivity contribution is -0.148. The maximum Gasteiger partial charge on any atom is 0.334 e. The molecule has 0 fully saturated rings. The smallest absolute Gasteiger partial charge is 0.334 e. The molecule has 0 saturated heterocycles. The lowest BCUT2D eigenvalue weighted by atomic mass is 9.87. The molecule has 1 aromatic carbocycles. The minimum atomic E-state index is -1.44. The number of benzene rings is 1. The van der Waals surface area contributed by atoms with Gasteiger partial charge in [-0.2, -0.15) is 0 Å². The Labute approximate surface area is 149 Å². The summed E-state index contributed by atoms with van der Waals surface area (Å²) in [7, 11) is 0. The van der Waals surface area contributed by atoms with E-state index in [4.69, 9.17) is 0 Å². The summed E-state index contributed by atoms with van der Waals surface area (Å²) in [5.74, 6) is -1.51. The molecule has 6 heteroatoms. The summed E-state index contributed by atoms with van der Waals surface area (Å²) in [6, 6.07) is 8.68. The van der Waals surface area contributed by atoms with Crippen molar-refractivity contribution >= 4 is 17.8 Å². The second kappa shape index (κ2) is 8.65. The fraction of sp³-hybridized carbons (Fsp3) is 0.526. The number of rotatable bonds is 8. The van der Waals surface area contributed by atoms with Crippen LogP contribution in [0.25, 0.3) is 0 Å². The van der Waals surface area contributed by atoms with Crippen molar-refractivity contribution < 1.29 is 19.5 Å². The zero-order valence-corrected chi connectivity index (χ0v) is 15.4. The number of hydrogen-bond acceptors (Lipinski definition) is 3. The van der Waals surface area contributed by atoms with Crippen molar-refractivity contribution in [1.82, 2.24) is 10.6 Å². The number of carbonyl (C=O) groups excluding carboxylic acids is 2. The molecule has 2 amide bonds. The highest BCUT2D eigenvalue weighted by atomic mass is 16.4. The van der Waals surface area contributed by atoms with E-state index < -0.39 is 16.9 Å². The molecule has 0 saturated carbocycles. The molecule has 6 nitrogen and oxygen atoms in total. The Morgan fingerprint density at radius 3 is 2.16 bits per heavy atom. The lowest BCUT2D eigenvalue weighted by Gasteiger charge is -2.30. The van der Waals surface area contributed by atoms with E-state index in [9.17, 15) is 19.5 Å². The third-order valence-electron chi connectivity index (χ3n) is 4.06. The first kappa shape index (κ1) is 20.7. The Morgan fingerprint density at radius 1 is 1.08 bits per heavy atom. The minimum Gasteiger partial charge on any atom is -0.479 e. The molecule has 0 aliphatic rings. The molecule has 0 bridgehead atoms. The molecule has 138 valence electrons. The SMILES string of the molecule is CCC(NC(=O)CCCNC(=O)C(C)(C)C)(C(=O)O)c1ccccc1. The van der Waals surface area contributed by atoms with Gasteiger partial charge in [-0.15, -0.1) is 0 Å². The van der Waals surface area contributed by atoms with E-state index in [1.54, 1.807) is 37.3 Å². The lowest BCUT2D eigenvalue weighted by Crippen LogP contribution is -2.51. The van der Waals surface area contributed by atoms with Gasteiger partial charge in [-0.1, -0.05) is 58.0 Å². The van der Waals surface area contributed by atoms with Crippen molar-refractivity contribution in [2.75, 3.05) is 6.54 Å². The third kappa shape index (κ3) is 5.59. The third-order valence-corrected chi connectivity index (χ3v) is 4.06. The predicted octanol–water partition coefficient (Wildman–Crippen LogP) is 2.44. The van der Waals surface area contributed by atoms with Gasteiger partial charge >= 0.3 is 5.97 Å². The van der Waals surface area contributed by atoms with E-state index in [0.29, 0.717) is 18.5 Å². The van der Waals surface area contributed by atoms with Crippen LogP contribution in [0, 0.1) is 5.41 Å². The topological polar surface area (TPSA) is 95.5 Å². The van der Waals surface area contributed by atoms with Gasteiger partial charge in [0.2, 0.25) is 11.8 Å². The number of hydrogen-bond donors (Lipinski definition) is 3. The van der Waals surface area contributed by atoms with Crippen LogP contribution in [0.3, 0.4) is 0 Å². The number of carboxylic acid groups (broad SMARTS) is 1. The summed E-state index contributed by atoms with van der Waals surface area (Å²) in [5.41, 5.74) is -1.37. The molecular weight excluding hydrogens is 320 g/mol. The average Bonchev–Trinajstić information content (AvgIpc) is 2.56. The van der Waals surface area contributed by atoms with Crippen LogP contribution in [0.1, 0.15) is 52.5 Å². The standard InChI is InChI=1S/C19H28N2O4/c1-5-19(17(24)25,14-10-7-6-8-11-14)21-15(22)12-9-13-20-16(23)18(2,3)4/h6-8,10-11H,5,9,12-13H2,1-4H3,(H,20,23)(H,21,22)(H,24,25). The van der Waals surface area contributed by atoms with Crippen LogP contribution in [0.5, 0.6) is 0 Å². The van der Waals surface area contributed by atoms with E-state index in [-0.39, 0.29) is 24.7 Å². The number of carbonyl (C=O) groups is 3. The van der Waals surface area contributed by atoms with E-state index >= 15 is 0 Å². The molecule has 25 heavy (non-hydrogen) atoms. The Balaban J connectivity index is 2.66. The monoisotopic (exact) mass is 348 g/mol. The van der Waals surface area contributed by atoms with Crippen LogP contribution in [0.2, 0.25) is 0 Å². The van der Waals surface area contributed by atoms with Gasteiger partial charge in [-0.25, -0.2) is 4.79 Å². The number of aliphatic carboxylic acids is 1. The zero-order valence-electron chi connectivity index (χ0n) is 15.4. The molecule has 0 aliphatic carbocycles. The quantitative estimate of drug-likeness (QED) is 0.629. The van der Waals surface area contributed by atoms with Crippen molar-refractivity contribution in [1.29, 1.82) is 0 Å². The van der Waals surface area contributed by atoms with Crippen molar-refractivity contribution in [3.8, 4) is 0 Å². The van der Waals surface area contributed by atoms with Gasteiger partial charge in [0, 0.05) is 18.4 Å². The second-order valence-corrected chi connectivity index (χ2v) is 7.09. The Hall–Kier alpha value is -2.37. The van der Waals surface area contributed by atoms with Crippen molar-refractivity contribution in [3.63, 3.8) is 0 Å². The first-order chi connectivity index (χ1) is 11.6. The number of carboxylic acids is 1. The zero-order chi connectivity index (χ0) is 19.1. The van der Waals surface area contributed by atoms with Crippen LogP contribution < -0.4 is 10.6 Å². The van der Waals surface area contributed by atoms with Gasteiger partial charge in [0.1, 0.15) is 0 Å². The number of nitrogens with one attached hydrogen (secondary N) is 2. The second-order valence-electron chi connectivity index (χ2n) is 7.09. The number of amides is 2. The molecule has 1 atom stereocenters. The first-order valence-electron chi connectivity index (χ1n) is 8.51. The highest BCUT2D eigenvalue weighted by Gasteiger charge is 2.39. The van der Waals surface area contributed by atoms with Crippen LogP contribution >= 0.6 is 0 Å². The molecule has 1 unspecified atom stereocenters. The molecular formula is C19H28N2O4. The maximum atomic E-state index is 12.2. The molecule has 0 spiro atoms. The normalized spacial score (nSPS) is 13.6. The average molecular weight is 348 g/mol. The highest BCUT2D eigenvalue weighted by Crippen LogP contribution is 2.25. The fourth-order valence-electron chi connectivity index (χ4n) is 2.43. The fourth-order valence-corrected chi connectivity index (χ4v) is 2.43. The molecule has 1 aromatic rings. The summed E-state index contributed by atoms with van der Waals surface area (Å²) in [6.45, 7) is 7.55. The van der Waals surface area contributed by atoms with Gasteiger partial charge in [0.25, 0.3) is 0 Å². The van der Waals surface area contributed by atoms with E-state index in [1.165, 1.54) is 0 Å². The molecule has 0 heterocycles. The van der Waals surface area contributed by atoms with Gasteiger partial charge in [0.15, 0.2) is 5.54 Å². The molecule has 1 rings (SSSR count). The highest BCUT2D eigenvalue weighted by molar-refractivity contribution is 5.88. The Kier molecular flexibility index (Phi) is 7.15. The van der Waals surface area contributed by atoms with E-state index in [1.807, 2.05) is 20.8 Å². The van der Waals surface area contributed by atoms with E-state index in [2.05, 4.69) is 10.6 Å². The summed E-state index contributed by atoms with van der Waals surface area (Å²) >= 11 is 0. The molecule has 0 aliphatic heterocycles. The van der Waals surface area contributed by atoms with Gasteiger partial charge < -0.3 is 15.7 Å². The summed E-state index contributed by atoms with van der Waals surface area (Å²) in [4.78, 5) is 35.9. The van der Waals surface area contributed by atoms with Crippen molar-refractivity contribution in [2.24, 2.45) is 5.41 Å². The van der Waals surface area contributed by atoms with E-state index in [0.717, 1.165) is 0 Å². The Bertz CT molecular complexity index is 608. The van der Waals surface area contributed by atoms with Crippen LogP contribution in [-0.4, -0.2) is 29.4 Å². The molecule has 0 radical (unpaired) electrons. The van der Waals surface area contributed by atoms with Crippen molar-refractivity contribution in [2.45, 2.75) is 52.5 Å². The minimum absolute atomic E-state index is 0.0781. The first-order valence-corrected chi connectivity index (χ1v) is 8.51. The predicted molar refractivity (Wildman–Crippen MR) is 95.9 cm³/mol. The molecule has 0 aromatic heterocycles. The van der Waals surface area contributed by atoms with Crippen LogP contribution in [-0.2, 0) is 19.9 Å². The van der Waals surface area contributed by atoms with Gasteiger partial charge in [-0.05, 0) is 18.4 Å². The Morgan fingerprint density at radius 2 is 1.68 bits per heavy atom.